The van der Waals surface area contributed by atoms with Crippen molar-refractivity contribution in [3.63, 3.8) is 0 Å². The summed E-state index contributed by atoms with van der Waals surface area (Å²) in [5, 5.41) is 0. The Labute approximate surface area is 123 Å². The van der Waals surface area contributed by atoms with Crippen LogP contribution in [0.5, 0.6) is 0 Å². The molecule has 20 heavy (non-hydrogen) atoms. The topological polar surface area (TPSA) is 49.6 Å². The zero-order chi connectivity index (χ0) is 14.5. The van der Waals surface area contributed by atoms with Crippen LogP contribution in [0.15, 0.2) is 0 Å². The average molecular weight is 281 g/mol. The molecule has 1 saturated carbocycles. The minimum Gasteiger partial charge on any atom is -0.343 e. The van der Waals surface area contributed by atoms with Crippen molar-refractivity contribution in [2.75, 3.05) is 26.7 Å². The predicted molar refractivity (Wildman–Crippen MR) is 82.5 cm³/mol. The number of hydrogen-bond acceptors (Lipinski definition) is 3. The van der Waals surface area contributed by atoms with Crippen molar-refractivity contribution in [1.29, 1.82) is 0 Å². The van der Waals surface area contributed by atoms with Crippen LogP contribution in [0.1, 0.15) is 51.9 Å². The van der Waals surface area contributed by atoms with Gasteiger partial charge in [-0.1, -0.05) is 19.8 Å². The molecule has 4 heteroatoms. The van der Waals surface area contributed by atoms with Crippen molar-refractivity contribution in [3.8, 4) is 0 Å². The molecule has 0 unspecified atom stereocenters. The summed E-state index contributed by atoms with van der Waals surface area (Å²) in [5.41, 5.74) is 5.99. The van der Waals surface area contributed by atoms with Gasteiger partial charge in [-0.25, -0.2) is 0 Å². The van der Waals surface area contributed by atoms with E-state index in [-0.39, 0.29) is 6.04 Å². The van der Waals surface area contributed by atoms with Crippen LogP contribution in [0.25, 0.3) is 0 Å². The molecule has 0 aromatic heterocycles. The summed E-state index contributed by atoms with van der Waals surface area (Å²) in [6.45, 7) is 5.22. The molecule has 2 aliphatic rings. The van der Waals surface area contributed by atoms with Crippen LogP contribution in [0.2, 0.25) is 0 Å². The molecule has 0 bridgehead atoms. The van der Waals surface area contributed by atoms with E-state index in [1.165, 1.54) is 19.3 Å². The quantitative estimate of drug-likeness (QED) is 0.836. The third-order valence-corrected chi connectivity index (χ3v) is 5.04. The summed E-state index contributed by atoms with van der Waals surface area (Å²) in [4.78, 5) is 16.8. The number of likely N-dealkylation sites (N-methyl/N-ethyl adjacent to an activating group) is 1. The molecule has 1 atom stereocenters. The second-order valence-corrected chi connectivity index (χ2v) is 6.69. The number of piperazine rings is 1. The number of amides is 1. The summed E-state index contributed by atoms with van der Waals surface area (Å²) >= 11 is 0. The van der Waals surface area contributed by atoms with Gasteiger partial charge in [0.05, 0.1) is 6.04 Å². The first-order chi connectivity index (χ1) is 9.61. The Kier molecular flexibility index (Phi) is 5.85. The Morgan fingerprint density at radius 2 is 1.90 bits per heavy atom. The number of nitrogens with two attached hydrogens (primary N) is 1. The largest absolute Gasteiger partial charge is 0.343 e. The summed E-state index contributed by atoms with van der Waals surface area (Å²) in [5.74, 6) is 1.08. The average Bonchev–Trinajstić information content (AvgIpc) is 2.45. The fourth-order valence-electron chi connectivity index (χ4n) is 3.58. The standard InChI is InChI=1S/C16H31N3O/c1-3-4-5-15-16(20)18(2)10-11-19(15)12-13-6-8-14(17)9-7-13/h13-15H,3-12,17H2,1-2H3/t13?,14?,15-/m1/s1. The Morgan fingerprint density at radius 3 is 2.55 bits per heavy atom. The normalized spacial score (nSPS) is 32.6. The number of unbranched alkanes of at least 4 members (excludes halogenated alkanes) is 1. The highest BCUT2D eigenvalue weighted by Gasteiger charge is 2.34. The predicted octanol–water partition coefficient (Wildman–Crippen LogP) is 1.84. The van der Waals surface area contributed by atoms with Gasteiger partial charge in [0.25, 0.3) is 0 Å². The van der Waals surface area contributed by atoms with Crippen LogP contribution in [0.3, 0.4) is 0 Å². The monoisotopic (exact) mass is 281 g/mol. The van der Waals surface area contributed by atoms with Gasteiger partial charge in [-0.3, -0.25) is 9.69 Å². The van der Waals surface area contributed by atoms with E-state index in [1.54, 1.807) is 0 Å². The molecule has 1 aliphatic carbocycles. The molecular weight excluding hydrogens is 250 g/mol. The SMILES string of the molecule is CCCC[C@@H]1C(=O)N(C)CCN1CC1CCC(N)CC1. The van der Waals surface area contributed by atoms with Gasteiger partial charge in [0.15, 0.2) is 0 Å². The molecule has 116 valence electrons. The van der Waals surface area contributed by atoms with Gasteiger partial charge in [0.1, 0.15) is 0 Å². The summed E-state index contributed by atoms with van der Waals surface area (Å²) in [6, 6.07) is 0.542. The highest BCUT2D eigenvalue weighted by molar-refractivity contribution is 5.82. The number of rotatable bonds is 5. The van der Waals surface area contributed by atoms with Crippen LogP contribution in [-0.4, -0.2) is 54.5 Å². The maximum Gasteiger partial charge on any atom is 0.239 e. The van der Waals surface area contributed by atoms with Crippen molar-refractivity contribution in [1.82, 2.24) is 9.80 Å². The molecule has 0 aromatic rings. The van der Waals surface area contributed by atoms with E-state index in [4.69, 9.17) is 5.73 Å². The highest BCUT2D eigenvalue weighted by atomic mass is 16.2. The number of carbonyl (C=O) groups excluding carboxylic acids is 1. The molecule has 2 fully saturated rings. The van der Waals surface area contributed by atoms with Crippen molar-refractivity contribution < 1.29 is 4.79 Å². The molecule has 4 nitrogen and oxygen atoms in total. The molecule has 2 rings (SSSR count). The van der Waals surface area contributed by atoms with Crippen molar-refractivity contribution in [2.24, 2.45) is 11.7 Å². The third-order valence-electron chi connectivity index (χ3n) is 5.04. The van der Waals surface area contributed by atoms with E-state index in [1.807, 2.05) is 11.9 Å². The first-order valence-electron chi connectivity index (χ1n) is 8.36. The lowest BCUT2D eigenvalue weighted by Gasteiger charge is -2.41. The molecule has 1 aliphatic heterocycles. The van der Waals surface area contributed by atoms with Gasteiger partial charge in [0.2, 0.25) is 5.91 Å². The maximum atomic E-state index is 12.4. The van der Waals surface area contributed by atoms with Gasteiger partial charge >= 0.3 is 0 Å². The molecule has 2 N–H and O–H groups in total. The van der Waals surface area contributed by atoms with Crippen LogP contribution < -0.4 is 5.73 Å². The second kappa shape index (κ2) is 7.41. The second-order valence-electron chi connectivity index (χ2n) is 6.69. The first-order valence-corrected chi connectivity index (χ1v) is 8.36. The zero-order valence-electron chi connectivity index (χ0n) is 13.2. The van der Waals surface area contributed by atoms with Gasteiger partial charge in [-0.05, 0) is 38.0 Å². The minimum atomic E-state index is 0.129. The molecular formula is C16H31N3O. The molecule has 0 aromatic carbocycles. The molecule has 1 amide bonds. The number of hydrogen-bond donors (Lipinski definition) is 1. The van der Waals surface area contributed by atoms with Crippen molar-refractivity contribution in [2.45, 2.75) is 64.0 Å². The fraction of sp³-hybridized carbons (Fsp3) is 0.938. The molecule has 0 spiro atoms. The lowest BCUT2D eigenvalue weighted by atomic mass is 9.85. The molecule has 1 saturated heterocycles. The minimum absolute atomic E-state index is 0.129. The Morgan fingerprint density at radius 1 is 1.20 bits per heavy atom. The van der Waals surface area contributed by atoms with Gasteiger partial charge < -0.3 is 10.6 Å². The molecule has 1 heterocycles. The lowest BCUT2D eigenvalue weighted by Crippen LogP contribution is -2.56. The van der Waals surface area contributed by atoms with Gasteiger partial charge in [-0.15, -0.1) is 0 Å². The van der Waals surface area contributed by atoms with E-state index in [2.05, 4.69) is 11.8 Å². The summed E-state index contributed by atoms with van der Waals surface area (Å²) in [7, 11) is 1.94. The molecule has 0 radical (unpaired) electrons. The highest BCUT2D eigenvalue weighted by Crippen LogP contribution is 2.26. The van der Waals surface area contributed by atoms with Gasteiger partial charge in [-0.2, -0.15) is 0 Å². The van der Waals surface area contributed by atoms with Crippen LogP contribution in [-0.2, 0) is 4.79 Å². The summed E-state index contributed by atoms with van der Waals surface area (Å²) < 4.78 is 0. The Bertz CT molecular complexity index is 313. The maximum absolute atomic E-state index is 12.4. The van der Waals surface area contributed by atoms with E-state index < -0.39 is 0 Å². The van der Waals surface area contributed by atoms with E-state index >= 15 is 0 Å². The van der Waals surface area contributed by atoms with E-state index in [9.17, 15) is 4.79 Å². The summed E-state index contributed by atoms with van der Waals surface area (Å²) in [6.07, 6.45) is 8.13. The fourth-order valence-corrected chi connectivity index (χ4v) is 3.58. The lowest BCUT2D eigenvalue weighted by molar-refractivity contribution is -0.141. The van der Waals surface area contributed by atoms with E-state index in [0.717, 1.165) is 51.2 Å². The first kappa shape index (κ1) is 15.8. The Hall–Kier alpha value is -0.610. The van der Waals surface area contributed by atoms with Crippen molar-refractivity contribution in [3.05, 3.63) is 0 Å². The third kappa shape index (κ3) is 3.95. The number of nitrogens with zero attached hydrogens (tertiary/aromatic N) is 2. The van der Waals surface area contributed by atoms with Crippen LogP contribution in [0, 0.1) is 5.92 Å². The van der Waals surface area contributed by atoms with Gasteiger partial charge in [0, 0.05) is 32.7 Å². The smallest absolute Gasteiger partial charge is 0.239 e. The van der Waals surface area contributed by atoms with Crippen LogP contribution >= 0.6 is 0 Å². The van der Waals surface area contributed by atoms with E-state index in [0.29, 0.717) is 11.9 Å². The van der Waals surface area contributed by atoms with Crippen molar-refractivity contribution >= 4 is 5.91 Å². The Balaban J connectivity index is 1.91. The van der Waals surface area contributed by atoms with Crippen LogP contribution in [0.4, 0.5) is 0 Å². The number of carbonyl (C=O) groups is 1. The zero-order valence-corrected chi connectivity index (χ0v) is 13.2.